The van der Waals surface area contributed by atoms with Gasteiger partial charge in [0.15, 0.2) is 0 Å². The third-order valence-corrected chi connectivity index (χ3v) is 1.69. The largest absolute Gasteiger partial charge is 0.467 e. The van der Waals surface area contributed by atoms with E-state index in [2.05, 4.69) is 14.9 Å². The van der Waals surface area contributed by atoms with Crippen LogP contribution in [0.4, 0.5) is 5.69 Å². The average Bonchev–Trinajstić information content (AvgIpc) is 2.47. The van der Waals surface area contributed by atoms with Gasteiger partial charge in [-0.2, -0.15) is 5.10 Å². The molecule has 14 heavy (non-hydrogen) atoms. The topological polar surface area (TPSA) is 98.1 Å². The van der Waals surface area contributed by atoms with E-state index in [0.29, 0.717) is 17.9 Å². The van der Waals surface area contributed by atoms with Gasteiger partial charge >= 0.3 is 5.69 Å². The first-order chi connectivity index (χ1) is 6.66. The lowest BCUT2D eigenvalue weighted by molar-refractivity contribution is -0.386. The summed E-state index contributed by atoms with van der Waals surface area (Å²) >= 11 is 0. The van der Waals surface area contributed by atoms with Crippen molar-refractivity contribution in [3.8, 4) is 0 Å². The van der Waals surface area contributed by atoms with Gasteiger partial charge in [0.1, 0.15) is 11.4 Å². The van der Waals surface area contributed by atoms with Crippen LogP contribution in [0.3, 0.4) is 0 Å². The van der Waals surface area contributed by atoms with E-state index in [0.717, 1.165) is 0 Å². The van der Waals surface area contributed by atoms with Gasteiger partial charge in [-0.05, 0) is 6.92 Å². The highest BCUT2D eigenvalue weighted by molar-refractivity contribution is 5.40. The van der Waals surface area contributed by atoms with E-state index in [1.165, 1.54) is 0 Å². The monoisotopic (exact) mass is 199 g/mol. The highest BCUT2D eigenvalue weighted by atomic mass is 16.6. The molecule has 0 saturated carbocycles. The highest BCUT2D eigenvalue weighted by Gasteiger charge is 2.20. The molecule has 0 bridgehead atoms. The lowest BCUT2D eigenvalue weighted by Crippen LogP contribution is -2.00. The molecular formula is C7H9N3O4. The van der Waals surface area contributed by atoms with Crippen LogP contribution in [0.5, 0.6) is 0 Å². The Hall–Kier alpha value is -1.92. The molecule has 0 aliphatic carbocycles. The number of aromatic nitrogens is 2. The molecule has 1 aromatic rings. The molecule has 0 aromatic carbocycles. The van der Waals surface area contributed by atoms with Crippen LogP contribution < -0.4 is 0 Å². The Balaban J connectivity index is 2.76. The van der Waals surface area contributed by atoms with Gasteiger partial charge in [0, 0.05) is 6.42 Å². The standard InChI is InChI=1S/C7H9N3O4/c1-5-7(10(12)13)6(9-8-5)2-3-14-4-11/h4H,2-3H2,1H3,(H,8,9). The van der Waals surface area contributed by atoms with Crippen LogP contribution in [-0.4, -0.2) is 28.2 Å². The predicted octanol–water partition coefficient (Wildman–Crippen LogP) is 0.342. The molecule has 0 saturated heterocycles. The second-order valence-electron chi connectivity index (χ2n) is 2.62. The smallest absolute Gasteiger partial charge is 0.312 e. The van der Waals surface area contributed by atoms with Crippen molar-refractivity contribution < 1.29 is 14.5 Å². The minimum Gasteiger partial charge on any atom is -0.467 e. The van der Waals surface area contributed by atoms with Crippen molar-refractivity contribution in [1.82, 2.24) is 10.2 Å². The molecule has 0 fully saturated rings. The molecule has 7 heteroatoms. The maximum absolute atomic E-state index is 10.6. The number of nitrogens with one attached hydrogen (secondary N) is 1. The summed E-state index contributed by atoms with van der Waals surface area (Å²) in [6.45, 7) is 1.95. The quantitative estimate of drug-likeness (QED) is 0.319. The first-order valence-electron chi connectivity index (χ1n) is 3.90. The van der Waals surface area contributed by atoms with Crippen molar-refractivity contribution in [1.29, 1.82) is 0 Å². The molecule has 0 radical (unpaired) electrons. The first-order valence-corrected chi connectivity index (χ1v) is 3.90. The zero-order valence-corrected chi connectivity index (χ0v) is 7.52. The number of nitrogens with zero attached hydrogens (tertiary/aromatic N) is 2. The molecular weight excluding hydrogens is 190 g/mol. The molecule has 76 valence electrons. The van der Waals surface area contributed by atoms with Crippen molar-refractivity contribution >= 4 is 12.2 Å². The van der Waals surface area contributed by atoms with Crippen LogP contribution in [0.1, 0.15) is 11.4 Å². The second kappa shape index (κ2) is 4.35. The van der Waals surface area contributed by atoms with Crippen molar-refractivity contribution in [2.24, 2.45) is 0 Å². The zero-order valence-electron chi connectivity index (χ0n) is 7.52. The summed E-state index contributed by atoms with van der Waals surface area (Å²) in [5.74, 6) is 0. The van der Waals surface area contributed by atoms with E-state index >= 15 is 0 Å². The highest BCUT2D eigenvalue weighted by Crippen LogP contribution is 2.20. The van der Waals surface area contributed by atoms with Gasteiger partial charge in [-0.3, -0.25) is 20.0 Å². The molecule has 0 unspecified atom stereocenters. The lowest BCUT2D eigenvalue weighted by Gasteiger charge is -1.95. The molecule has 7 nitrogen and oxygen atoms in total. The van der Waals surface area contributed by atoms with Crippen LogP contribution in [0, 0.1) is 17.0 Å². The van der Waals surface area contributed by atoms with E-state index in [1.807, 2.05) is 0 Å². The maximum Gasteiger partial charge on any atom is 0.312 e. The summed E-state index contributed by atoms with van der Waals surface area (Å²) in [4.78, 5) is 19.9. The number of H-pyrrole nitrogens is 1. The van der Waals surface area contributed by atoms with Gasteiger partial charge in [0.05, 0.1) is 11.5 Å². The fraction of sp³-hybridized carbons (Fsp3) is 0.429. The van der Waals surface area contributed by atoms with Crippen molar-refractivity contribution in [3.63, 3.8) is 0 Å². The fourth-order valence-corrected chi connectivity index (χ4v) is 1.09. The molecule has 1 aromatic heterocycles. The molecule has 1 N–H and O–H groups in total. The normalized spacial score (nSPS) is 9.79. The first kappa shape index (κ1) is 10.2. The molecule has 1 rings (SSSR count). The number of nitro groups is 1. The summed E-state index contributed by atoms with van der Waals surface area (Å²) in [6, 6.07) is 0. The third-order valence-electron chi connectivity index (χ3n) is 1.69. The van der Waals surface area contributed by atoms with E-state index in [1.54, 1.807) is 6.92 Å². The number of carbonyl (C=O) groups excluding carboxylic acids is 1. The Bertz CT molecular complexity index is 347. The van der Waals surface area contributed by atoms with E-state index in [9.17, 15) is 14.9 Å². The van der Waals surface area contributed by atoms with E-state index in [4.69, 9.17) is 0 Å². The maximum atomic E-state index is 10.6. The van der Waals surface area contributed by atoms with Crippen LogP contribution in [-0.2, 0) is 16.0 Å². The summed E-state index contributed by atoms with van der Waals surface area (Å²) in [5, 5.41) is 16.8. The molecule has 1 heterocycles. The van der Waals surface area contributed by atoms with Crippen molar-refractivity contribution in [2.45, 2.75) is 13.3 Å². The number of aryl methyl sites for hydroxylation is 1. The minimum atomic E-state index is -0.505. The van der Waals surface area contributed by atoms with Crippen LogP contribution >= 0.6 is 0 Å². The van der Waals surface area contributed by atoms with Crippen LogP contribution in [0.25, 0.3) is 0 Å². The van der Waals surface area contributed by atoms with Gasteiger partial charge in [0.25, 0.3) is 6.47 Å². The van der Waals surface area contributed by atoms with Gasteiger partial charge in [-0.25, -0.2) is 0 Å². The number of rotatable bonds is 5. The van der Waals surface area contributed by atoms with E-state index < -0.39 is 4.92 Å². The molecule has 0 atom stereocenters. The predicted molar refractivity (Wildman–Crippen MR) is 45.7 cm³/mol. The lowest BCUT2D eigenvalue weighted by atomic mass is 10.2. The number of hydrogen-bond acceptors (Lipinski definition) is 5. The van der Waals surface area contributed by atoms with Gasteiger partial charge in [0.2, 0.25) is 0 Å². The third kappa shape index (κ3) is 2.06. The number of carbonyl (C=O) groups is 1. The second-order valence-corrected chi connectivity index (χ2v) is 2.62. The number of hydrogen-bond donors (Lipinski definition) is 1. The van der Waals surface area contributed by atoms with Gasteiger partial charge in [-0.1, -0.05) is 0 Å². The molecule has 0 aliphatic heterocycles. The number of aromatic amines is 1. The van der Waals surface area contributed by atoms with Crippen molar-refractivity contribution in [2.75, 3.05) is 6.61 Å². The Morgan fingerprint density at radius 2 is 2.43 bits per heavy atom. The van der Waals surface area contributed by atoms with Gasteiger partial charge in [-0.15, -0.1) is 0 Å². The average molecular weight is 199 g/mol. The molecule has 0 spiro atoms. The Labute approximate surface area is 79.2 Å². The summed E-state index contributed by atoms with van der Waals surface area (Å²) in [6.07, 6.45) is 0.236. The Kier molecular flexibility index (Phi) is 3.16. The summed E-state index contributed by atoms with van der Waals surface area (Å²) in [7, 11) is 0. The Morgan fingerprint density at radius 1 is 1.71 bits per heavy atom. The minimum absolute atomic E-state index is 0.0421. The summed E-state index contributed by atoms with van der Waals surface area (Å²) in [5.41, 5.74) is 0.657. The number of ether oxygens (including phenoxy) is 1. The van der Waals surface area contributed by atoms with Crippen LogP contribution in [0.2, 0.25) is 0 Å². The zero-order chi connectivity index (χ0) is 10.6. The summed E-state index contributed by atoms with van der Waals surface area (Å²) < 4.78 is 4.42. The van der Waals surface area contributed by atoms with Gasteiger partial charge < -0.3 is 4.74 Å². The van der Waals surface area contributed by atoms with Crippen molar-refractivity contribution in [3.05, 3.63) is 21.5 Å². The van der Waals surface area contributed by atoms with E-state index in [-0.39, 0.29) is 18.7 Å². The SMILES string of the molecule is Cc1[nH]nc(CCOC=O)c1[N+](=O)[O-]. The fourth-order valence-electron chi connectivity index (χ4n) is 1.09. The molecule has 0 aliphatic rings. The van der Waals surface area contributed by atoms with Crippen LogP contribution in [0.15, 0.2) is 0 Å². The Morgan fingerprint density at radius 3 is 3.00 bits per heavy atom. The molecule has 0 amide bonds.